The third-order valence-electron chi connectivity index (χ3n) is 2.73. The van der Waals surface area contributed by atoms with E-state index >= 15 is 0 Å². The number of aromatic nitrogens is 1. The Labute approximate surface area is 104 Å². The van der Waals surface area contributed by atoms with E-state index in [9.17, 15) is 13.9 Å². The van der Waals surface area contributed by atoms with Gasteiger partial charge in [0.05, 0.1) is 6.10 Å². The maximum absolute atomic E-state index is 13.0. The van der Waals surface area contributed by atoms with Crippen molar-refractivity contribution in [2.24, 2.45) is 0 Å². The van der Waals surface area contributed by atoms with Gasteiger partial charge in [-0.1, -0.05) is 0 Å². The number of aliphatic hydroxyl groups excluding tert-OH is 1. The maximum Gasteiger partial charge on any atom is 0.126 e. The van der Waals surface area contributed by atoms with Crippen molar-refractivity contribution in [3.63, 3.8) is 0 Å². The van der Waals surface area contributed by atoms with Crippen LogP contribution < -0.4 is 0 Å². The van der Waals surface area contributed by atoms with E-state index < -0.39 is 17.7 Å². The highest BCUT2D eigenvalue weighted by atomic mass is 19.1. The molecule has 1 heterocycles. The molecular formula is C14H13F2NO. The fourth-order valence-electron chi connectivity index (χ4n) is 1.79. The van der Waals surface area contributed by atoms with Gasteiger partial charge in [-0.25, -0.2) is 8.78 Å². The molecule has 1 N–H and O–H groups in total. The summed E-state index contributed by atoms with van der Waals surface area (Å²) in [5.41, 5.74) is 1.29. The second kappa shape index (κ2) is 5.69. The number of halogens is 2. The third-order valence-corrected chi connectivity index (χ3v) is 2.73. The van der Waals surface area contributed by atoms with Crippen LogP contribution in [0.4, 0.5) is 8.78 Å². The third kappa shape index (κ3) is 3.34. The second-order valence-electron chi connectivity index (χ2n) is 4.11. The molecule has 0 fully saturated rings. The highest BCUT2D eigenvalue weighted by molar-refractivity contribution is 5.20. The molecule has 0 amide bonds. The molecule has 2 nitrogen and oxygen atoms in total. The van der Waals surface area contributed by atoms with Crippen LogP contribution in [0.2, 0.25) is 0 Å². The van der Waals surface area contributed by atoms with Crippen molar-refractivity contribution in [3.8, 4) is 0 Å². The van der Waals surface area contributed by atoms with E-state index in [1.54, 1.807) is 12.4 Å². The van der Waals surface area contributed by atoms with Gasteiger partial charge in [0.15, 0.2) is 0 Å². The molecule has 4 heteroatoms. The summed E-state index contributed by atoms with van der Waals surface area (Å²) in [7, 11) is 0. The SMILES string of the molecule is OC(CCc1ccncc1)c1cc(F)cc(F)c1. The van der Waals surface area contributed by atoms with E-state index in [-0.39, 0.29) is 5.56 Å². The van der Waals surface area contributed by atoms with Crippen LogP contribution in [0.1, 0.15) is 23.7 Å². The van der Waals surface area contributed by atoms with E-state index in [4.69, 9.17) is 0 Å². The van der Waals surface area contributed by atoms with E-state index in [1.807, 2.05) is 12.1 Å². The first-order valence-electron chi connectivity index (χ1n) is 5.68. The lowest BCUT2D eigenvalue weighted by molar-refractivity contribution is 0.167. The summed E-state index contributed by atoms with van der Waals surface area (Å²) in [4.78, 5) is 3.89. The molecule has 2 aromatic rings. The van der Waals surface area contributed by atoms with Crippen LogP contribution in [-0.4, -0.2) is 10.1 Å². The molecule has 2 rings (SSSR count). The summed E-state index contributed by atoms with van der Waals surface area (Å²) in [6, 6.07) is 6.79. The summed E-state index contributed by atoms with van der Waals surface area (Å²) >= 11 is 0. The number of hydrogen-bond donors (Lipinski definition) is 1. The molecule has 1 atom stereocenters. The Balaban J connectivity index is 2.01. The minimum atomic E-state index is -0.872. The predicted octanol–water partition coefficient (Wildman–Crippen LogP) is 3.03. The number of hydrogen-bond acceptors (Lipinski definition) is 2. The van der Waals surface area contributed by atoms with Crippen molar-refractivity contribution in [3.05, 3.63) is 65.5 Å². The fourth-order valence-corrected chi connectivity index (χ4v) is 1.79. The number of aryl methyl sites for hydroxylation is 1. The number of aliphatic hydroxyl groups is 1. The van der Waals surface area contributed by atoms with Crippen molar-refractivity contribution < 1.29 is 13.9 Å². The predicted molar refractivity (Wildman–Crippen MR) is 63.9 cm³/mol. The quantitative estimate of drug-likeness (QED) is 0.903. The standard InChI is InChI=1S/C14H13F2NO/c15-12-7-11(8-13(16)9-12)14(18)2-1-10-3-5-17-6-4-10/h3-9,14,18H,1-2H2. The normalized spacial score (nSPS) is 12.4. The summed E-state index contributed by atoms with van der Waals surface area (Å²) in [6.07, 6.45) is 3.50. The zero-order valence-corrected chi connectivity index (χ0v) is 9.68. The van der Waals surface area contributed by atoms with E-state index in [1.165, 1.54) is 0 Å². The van der Waals surface area contributed by atoms with Crippen molar-refractivity contribution in [2.45, 2.75) is 18.9 Å². The van der Waals surface area contributed by atoms with Crippen LogP contribution in [0, 0.1) is 11.6 Å². The largest absolute Gasteiger partial charge is 0.388 e. The molecule has 0 spiro atoms. The van der Waals surface area contributed by atoms with E-state index in [0.717, 1.165) is 23.8 Å². The van der Waals surface area contributed by atoms with Gasteiger partial charge in [-0.15, -0.1) is 0 Å². The Bertz CT molecular complexity index is 496. The number of pyridine rings is 1. The second-order valence-corrected chi connectivity index (χ2v) is 4.11. The first-order valence-corrected chi connectivity index (χ1v) is 5.68. The van der Waals surface area contributed by atoms with E-state index in [2.05, 4.69) is 4.98 Å². The summed E-state index contributed by atoms with van der Waals surface area (Å²) < 4.78 is 26.0. The minimum absolute atomic E-state index is 0.265. The summed E-state index contributed by atoms with van der Waals surface area (Å²) in [5, 5.41) is 9.88. The molecule has 0 aliphatic carbocycles. The van der Waals surface area contributed by atoms with Gasteiger partial charge in [-0.3, -0.25) is 4.98 Å². The Hall–Kier alpha value is -1.81. The topological polar surface area (TPSA) is 33.1 Å². The van der Waals surface area contributed by atoms with Gasteiger partial charge < -0.3 is 5.11 Å². The van der Waals surface area contributed by atoms with Crippen molar-refractivity contribution in [2.75, 3.05) is 0 Å². The Morgan fingerprint density at radius 1 is 1.06 bits per heavy atom. The Morgan fingerprint density at radius 2 is 1.67 bits per heavy atom. The highest BCUT2D eigenvalue weighted by Crippen LogP contribution is 2.20. The van der Waals surface area contributed by atoms with Crippen molar-refractivity contribution in [1.29, 1.82) is 0 Å². The first kappa shape index (κ1) is 12.6. The molecule has 1 aromatic heterocycles. The maximum atomic E-state index is 13.0. The summed E-state index contributed by atoms with van der Waals surface area (Å²) in [5.74, 6) is -1.35. The number of rotatable bonds is 4. The molecule has 18 heavy (non-hydrogen) atoms. The van der Waals surface area contributed by atoms with Gasteiger partial charge in [0.25, 0.3) is 0 Å². The van der Waals surface area contributed by atoms with Crippen LogP contribution in [0.5, 0.6) is 0 Å². The highest BCUT2D eigenvalue weighted by Gasteiger charge is 2.10. The lowest BCUT2D eigenvalue weighted by atomic mass is 10.0. The molecular weight excluding hydrogens is 236 g/mol. The first-order chi connectivity index (χ1) is 8.65. The molecule has 0 aliphatic heterocycles. The van der Waals surface area contributed by atoms with Crippen molar-refractivity contribution >= 4 is 0 Å². The molecule has 1 unspecified atom stereocenters. The molecule has 0 radical (unpaired) electrons. The van der Waals surface area contributed by atoms with Gasteiger partial charge in [0.2, 0.25) is 0 Å². The van der Waals surface area contributed by atoms with Gasteiger partial charge in [-0.2, -0.15) is 0 Å². The molecule has 0 aliphatic rings. The zero-order chi connectivity index (χ0) is 13.0. The average Bonchev–Trinajstić information content (AvgIpc) is 2.36. The zero-order valence-electron chi connectivity index (χ0n) is 9.68. The van der Waals surface area contributed by atoms with Crippen LogP contribution in [0.25, 0.3) is 0 Å². The number of nitrogens with zero attached hydrogens (tertiary/aromatic N) is 1. The lowest BCUT2D eigenvalue weighted by Crippen LogP contribution is -2.01. The molecule has 1 aromatic carbocycles. The molecule has 94 valence electrons. The Kier molecular flexibility index (Phi) is 3.99. The van der Waals surface area contributed by atoms with Gasteiger partial charge in [0.1, 0.15) is 11.6 Å². The fraction of sp³-hybridized carbons (Fsp3) is 0.214. The Morgan fingerprint density at radius 3 is 2.28 bits per heavy atom. The van der Waals surface area contributed by atoms with Gasteiger partial charge in [0, 0.05) is 18.5 Å². The van der Waals surface area contributed by atoms with Crippen molar-refractivity contribution in [1.82, 2.24) is 4.98 Å². The van der Waals surface area contributed by atoms with Crippen LogP contribution >= 0.6 is 0 Å². The van der Waals surface area contributed by atoms with Gasteiger partial charge in [-0.05, 0) is 48.2 Å². The van der Waals surface area contributed by atoms with Gasteiger partial charge >= 0.3 is 0 Å². The molecule has 0 saturated heterocycles. The number of benzene rings is 1. The molecule has 0 saturated carbocycles. The molecule has 0 bridgehead atoms. The van der Waals surface area contributed by atoms with Crippen LogP contribution in [0.15, 0.2) is 42.7 Å². The minimum Gasteiger partial charge on any atom is -0.388 e. The van der Waals surface area contributed by atoms with Crippen LogP contribution in [-0.2, 0) is 6.42 Å². The van der Waals surface area contributed by atoms with E-state index in [0.29, 0.717) is 12.8 Å². The summed E-state index contributed by atoms with van der Waals surface area (Å²) in [6.45, 7) is 0. The van der Waals surface area contributed by atoms with Crippen LogP contribution in [0.3, 0.4) is 0 Å². The lowest BCUT2D eigenvalue weighted by Gasteiger charge is -2.11. The monoisotopic (exact) mass is 249 g/mol. The smallest absolute Gasteiger partial charge is 0.126 e. The average molecular weight is 249 g/mol.